The van der Waals surface area contributed by atoms with Crippen molar-refractivity contribution in [2.24, 2.45) is 0 Å². The predicted octanol–water partition coefficient (Wildman–Crippen LogP) is 2.22. The van der Waals surface area contributed by atoms with E-state index in [-0.39, 0.29) is 16.4 Å². The van der Waals surface area contributed by atoms with Gasteiger partial charge in [0, 0.05) is 0 Å². The third kappa shape index (κ3) is 2.88. The Morgan fingerprint density at radius 3 is 2.50 bits per heavy atom. The third-order valence-electron chi connectivity index (χ3n) is 2.87. The molecule has 0 atom stereocenters. The van der Waals surface area contributed by atoms with Crippen LogP contribution in [0.15, 0.2) is 35.2 Å². The Morgan fingerprint density at radius 2 is 1.85 bits per heavy atom. The van der Waals surface area contributed by atoms with Crippen molar-refractivity contribution in [1.29, 1.82) is 0 Å². The molecule has 0 unspecified atom stereocenters. The Hall–Kier alpha value is -2.15. The summed E-state index contributed by atoms with van der Waals surface area (Å²) in [6.45, 7) is 3.62. The number of aryl methyl sites for hydroxylation is 2. The van der Waals surface area contributed by atoms with E-state index in [4.69, 9.17) is 5.73 Å². The number of rotatable bonds is 3. The maximum atomic E-state index is 13.0. The molecule has 0 aliphatic heterocycles. The first-order valence-corrected chi connectivity index (χ1v) is 7.30. The fourth-order valence-corrected chi connectivity index (χ4v) is 2.90. The number of nitrogens with one attached hydrogen (secondary N) is 1. The Balaban J connectivity index is 2.43. The molecule has 106 valence electrons. The van der Waals surface area contributed by atoms with E-state index in [2.05, 4.69) is 9.71 Å². The molecule has 0 amide bonds. The number of nitrogen functional groups attached to an aromatic ring is 1. The number of sulfonamides is 1. The summed E-state index contributed by atoms with van der Waals surface area (Å²) in [5.41, 5.74) is 7.57. The molecule has 7 heteroatoms. The molecule has 3 N–H and O–H groups in total. The van der Waals surface area contributed by atoms with Gasteiger partial charge in [0.1, 0.15) is 10.7 Å². The van der Waals surface area contributed by atoms with Crippen LogP contribution in [0.4, 0.5) is 15.9 Å². The second-order valence-electron chi connectivity index (χ2n) is 4.43. The maximum Gasteiger partial charge on any atom is 0.265 e. The summed E-state index contributed by atoms with van der Waals surface area (Å²) in [6.07, 6.45) is 0. The zero-order chi connectivity index (χ0) is 14.9. The van der Waals surface area contributed by atoms with Gasteiger partial charge in [0.15, 0.2) is 0 Å². The second kappa shape index (κ2) is 5.09. The lowest BCUT2D eigenvalue weighted by Crippen LogP contribution is -2.16. The van der Waals surface area contributed by atoms with Crippen LogP contribution in [0.1, 0.15) is 11.1 Å². The van der Waals surface area contributed by atoms with Gasteiger partial charge in [-0.15, -0.1) is 0 Å². The molecule has 2 aromatic rings. The van der Waals surface area contributed by atoms with E-state index in [1.807, 2.05) is 6.92 Å². The molecule has 20 heavy (non-hydrogen) atoms. The number of benzene rings is 1. The lowest BCUT2D eigenvalue weighted by Gasteiger charge is -2.11. The number of anilines is 2. The summed E-state index contributed by atoms with van der Waals surface area (Å²) in [4.78, 5) is 3.41. The van der Waals surface area contributed by atoms with Gasteiger partial charge in [-0.05, 0) is 49.2 Å². The van der Waals surface area contributed by atoms with Crippen molar-refractivity contribution in [2.45, 2.75) is 18.7 Å². The lowest BCUT2D eigenvalue weighted by molar-refractivity contribution is 0.584. The minimum absolute atomic E-state index is 0.0494. The normalized spacial score (nSPS) is 11.3. The average molecular weight is 295 g/mol. The number of nitrogens with two attached hydrogens (primary N) is 1. The quantitative estimate of drug-likeness (QED) is 0.671. The van der Waals surface area contributed by atoms with Crippen LogP contribution < -0.4 is 10.5 Å². The van der Waals surface area contributed by atoms with Crippen LogP contribution in [0.3, 0.4) is 0 Å². The van der Waals surface area contributed by atoms with E-state index < -0.39 is 16.0 Å². The minimum atomic E-state index is -3.90. The monoisotopic (exact) mass is 295 g/mol. The summed E-state index contributed by atoms with van der Waals surface area (Å²) < 4.78 is 39.7. The van der Waals surface area contributed by atoms with Crippen molar-refractivity contribution in [3.63, 3.8) is 0 Å². The SMILES string of the molecule is Cc1cc(N)c(S(=O)(=O)Nc2cccc(F)n2)cc1C. The van der Waals surface area contributed by atoms with E-state index in [9.17, 15) is 12.8 Å². The summed E-state index contributed by atoms with van der Waals surface area (Å²) >= 11 is 0. The van der Waals surface area contributed by atoms with Crippen molar-refractivity contribution in [3.05, 3.63) is 47.4 Å². The van der Waals surface area contributed by atoms with Gasteiger partial charge in [-0.1, -0.05) is 6.07 Å². The van der Waals surface area contributed by atoms with Crippen molar-refractivity contribution < 1.29 is 12.8 Å². The van der Waals surface area contributed by atoms with Crippen LogP contribution in [-0.2, 0) is 10.0 Å². The fraction of sp³-hybridized carbons (Fsp3) is 0.154. The van der Waals surface area contributed by atoms with Crippen molar-refractivity contribution in [1.82, 2.24) is 4.98 Å². The second-order valence-corrected chi connectivity index (χ2v) is 6.08. The van der Waals surface area contributed by atoms with Crippen LogP contribution >= 0.6 is 0 Å². The smallest absolute Gasteiger partial charge is 0.265 e. The number of halogens is 1. The van der Waals surface area contributed by atoms with E-state index in [1.165, 1.54) is 18.2 Å². The number of hydrogen-bond acceptors (Lipinski definition) is 4. The largest absolute Gasteiger partial charge is 0.398 e. The molecule has 5 nitrogen and oxygen atoms in total. The number of hydrogen-bond donors (Lipinski definition) is 2. The Labute approximate surface area is 116 Å². The Kier molecular flexibility index (Phi) is 3.63. The van der Waals surface area contributed by atoms with Gasteiger partial charge in [0.05, 0.1) is 5.69 Å². The molecule has 0 saturated carbocycles. The van der Waals surface area contributed by atoms with Crippen LogP contribution in [0.25, 0.3) is 0 Å². The van der Waals surface area contributed by atoms with E-state index in [0.29, 0.717) is 0 Å². The van der Waals surface area contributed by atoms with Crippen molar-refractivity contribution in [2.75, 3.05) is 10.5 Å². The van der Waals surface area contributed by atoms with Gasteiger partial charge in [0.2, 0.25) is 5.95 Å². The van der Waals surface area contributed by atoms with E-state index in [1.54, 1.807) is 13.0 Å². The van der Waals surface area contributed by atoms with E-state index >= 15 is 0 Å². The number of pyridine rings is 1. The van der Waals surface area contributed by atoms with Crippen LogP contribution in [0, 0.1) is 19.8 Å². The molecule has 0 aliphatic rings. The Bertz CT molecular complexity index is 760. The van der Waals surface area contributed by atoms with E-state index in [0.717, 1.165) is 17.2 Å². The molecule has 0 radical (unpaired) electrons. The molecule has 1 aromatic heterocycles. The van der Waals surface area contributed by atoms with Gasteiger partial charge in [-0.3, -0.25) is 4.72 Å². The van der Waals surface area contributed by atoms with Crippen LogP contribution in [-0.4, -0.2) is 13.4 Å². The molecule has 0 bridgehead atoms. The zero-order valence-corrected chi connectivity index (χ0v) is 11.8. The Morgan fingerprint density at radius 1 is 1.20 bits per heavy atom. The highest BCUT2D eigenvalue weighted by molar-refractivity contribution is 7.92. The van der Waals surface area contributed by atoms with Gasteiger partial charge >= 0.3 is 0 Å². The molecular weight excluding hydrogens is 281 g/mol. The summed E-state index contributed by atoms with van der Waals surface area (Å²) in [5.74, 6) is -0.860. The standard InChI is InChI=1S/C13H14FN3O2S/c1-8-6-10(15)11(7-9(8)2)20(18,19)17-13-5-3-4-12(14)16-13/h3-7H,15H2,1-2H3,(H,16,17). The van der Waals surface area contributed by atoms with Gasteiger partial charge < -0.3 is 5.73 Å². The fourth-order valence-electron chi connectivity index (χ4n) is 1.70. The van der Waals surface area contributed by atoms with Crippen LogP contribution in [0.2, 0.25) is 0 Å². The highest BCUT2D eigenvalue weighted by atomic mass is 32.2. The highest BCUT2D eigenvalue weighted by Gasteiger charge is 2.19. The lowest BCUT2D eigenvalue weighted by atomic mass is 10.1. The third-order valence-corrected chi connectivity index (χ3v) is 4.28. The number of aromatic nitrogens is 1. The van der Waals surface area contributed by atoms with Gasteiger partial charge in [0.25, 0.3) is 10.0 Å². The summed E-state index contributed by atoms with van der Waals surface area (Å²) in [7, 11) is -3.90. The topological polar surface area (TPSA) is 85.1 Å². The maximum absolute atomic E-state index is 13.0. The average Bonchev–Trinajstić information content (AvgIpc) is 2.33. The number of nitrogens with zero attached hydrogens (tertiary/aromatic N) is 1. The first-order valence-electron chi connectivity index (χ1n) is 5.82. The molecule has 0 aliphatic carbocycles. The molecule has 0 spiro atoms. The van der Waals surface area contributed by atoms with Gasteiger partial charge in [-0.2, -0.15) is 4.39 Å². The first kappa shape index (κ1) is 14.3. The minimum Gasteiger partial charge on any atom is -0.398 e. The molecule has 2 rings (SSSR count). The summed E-state index contributed by atoms with van der Waals surface area (Å²) in [5, 5.41) is 0. The van der Waals surface area contributed by atoms with Crippen LogP contribution in [0.5, 0.6) is 0 Å². The first-order chi connectivity index (χ1) is 9.29. The molecule has 1 heterocycles. The molecule has 1 aromatic carbocycles. The van der Waals surface area contributed by atoms with Gasteiger partial charge in [-0.25, -0.2) is 13.4 Å². The molecular formula is C13H14FN3O2S. The zero-order valence-electron chi connectivity index (χ0n) is 11.0. The predicted molar refractivity (Wildman–Crippen MR) is 75.3 cm³/mol. The molecule has 0 fully saturated rings. The van der Waals surface area contributed by atoms with Crippen molar-refractivity contribution in [3.8, 4) is 0 Å². The van der Waals surface area contributed by atoms with Crippen molar-refractivity contribution >= 4 is 21.5 Å². The highest BCUT2D eigenvalue weighted by Crippen LogP contribution is 2.24. The molecule has 0 saturated heterocycles. The summed E-state index contributed by atoms with van der Waals surface area (Å²) in [6, 6.07) is 6.92.